The fourth-order valence-electron chi connectivity index (χ4n) is 1.80. The van der Waals surface area contributed by atoms with Gasteiger partial charge in [-0.2, -0.15) is 0 Å². The summed E-state index contributed by atoms with van der Waals surface area (Å²) in [7, 11) is 0. The van der Waals surface area contributed by atoms with Crippen LogP contribution in [0, 0.1) is 0 Å². The molecule has 0 saturated heterocycles. The van der Waals surface area contributed by atoms with Crippen LogP contribution in [-0.4, -0.2) is 28.7 Å². The third-order valence-corrected chi connectivity index (χ3v) is 2.63. The summed E-state index contributed by atoms with van der Waals surface area (Å²) in [5.41, 5.74) is 5.54. The van der Waals surface area contributed by atoms with E-state index in [0.29, 0.717) is 18.9 Å². The summed E-state index contributed by atoms with van der Waals surface area (Å²) in [6.07, 6.45) is 4.34. The van der Waals surface area contributed by atoms with Gasteiger partial charge in [-0.1, -0.05) is 6.92 Å². The van der Waals surface area contributed by atoms with E-state index in [-0.39, 0.29) is 11.6 Å². The standard InChI is InChI=1S/C12H22N4O/c1-4-7-15-9-6-14-11(12(15)17)16(8-5-13)10(2)3/h6,9-10H,4-5,7-8,13H2,1-3H3. The summed E-state index contributed by atoms with van der Waals surface area (Å²) >= 11 is 0. The van der Waals surface area contributed by atoms with E-state index in [1.165, 1.54) is 0 Å². The molecule has 1 aromatic rings. The van der Waals surface area contributed by atoms with Crippen molar-refractivity contribution in [3.63, 3.8) is 0 Å². The molecule has 96 valence electrons. The average molecular weight is 238 g/mol. The molecule has 2 N–H and O–H groups in total. The van der Waals surface area contributed by atoms with Crippen LogP contribution in [0.3, 0.4) is 0 Å². The Balaban J connectivity index is 3.11. The molecule has 0 saturated carbocycles. The maximum atomic E-state index is 12.2. The fraction of sp³-hybridized carbons (Fsp3) is 0.667. The number of nitrogens with two attached hydrogens (primary N) is 1. The van der Waals surface area contributed by atoms with Gasteiger partial charge in [0.1, 0.15) is 0 Å². The van der Waals surface area contributed by atoms with Gasteiger partial charge in [0.05, 0.1) is 0 Å². The Morgan fingerprint density at radius 1 is 1.53 bits per heavy atom. The minimum absolute atomic E-state index is 0.0310. The molecule has 0 radical (unpaired) electrons. The van der Waals surface area contributed by atoms with Crippen molar-refractivity contribution in [2.24, 2.45) is 5.73 Å². The lowest BCUT2D eigenvalue weighted by molar-refractivity contribution is 0.623. The van der Waals surface area contributed by atoms with Crippen LogP contribution in [0.1, 0.15) is 27.2 Å². The number of rotatable bonds is 6. The summed E-state index contributed by atoms with van der Waals surface area (Å²) in [4.78, 5) is 18.3. The van der Waals surface area contributed by atoms with Crippen LogP contribution in [0.25, 0.3) is 0 Å². The van der Waals surface area contributed by atoms with Crippen molar-refractivity contribution in [1.82, 2.24) is 9.55 Å². The number of nitrogens with zero attached hydrogens (tertiary/aromatic N) is 3. The third kappa shape index (κ3) is 3.30. The van der Waals surface area contributed by atoms with Gasteiger partial charge in [0, 0.05) is 38.1 Å². The van der Waals surface area contributed by atoms with Crippen LogP contribution in [-0.2, 0) is 6.54 Å². The van der Waals surface area contributed by atoms with Gasteiger partial charge in [0.2, 0.25) is 0 Å². The topological polar surface area (TPSA) is 64.2 Å². The van der Waals surface area contributed by atoms with E-state index >= 15 is 0 Å². The zero-order valence-corrected chi connectivity index (χ0v) is 10.9. The number of hydrogen-bond acceptors (Lipinski definition) is 4. The predicted octanol–water partition coefficient (Wildman–Crippen LogP) is 0.827. The first kappa shape index (κ1) is 13.7. The largest absolute Gasteiger partial charge is 0.348 e. The summed E-state index contributed by atoms with van der Waals surface area (Å²) in [6.45, 7) is 8.01. The van der Waals surface area contributed by atoms with Crippen molar-refractivity contribution in [2.45, 2.75) is 39.8 Å². The highest BCUT2D eigenvalue weighted by atomic mass is 16.1. The van der Waals surface area contributed by atoms with E-state index in [9.17, 15) is 4.79 Å². The first-order chi connectivity index (χ1) is 8.11. The highest BCUT2D eigenvalue weighted by Gasteiger charge is 2.15. The van der Waals surface area contributed by atoms with E-state index in [1.54, 1.807) is 17.0 Å². The molecule has 5 nitrogen and oxygen atoms in total. The molecule has 0 fully saturated rings. The molecule has 17 heavy (non-hydrogen) atoms. The normalized spacial score (nSPS) is 10.9. The Hall–Kier alpha value is -1.36. The number of anilines is 1. The van der Waals surface area contributed by atoms with Gasteiger partial charge in [-0.3, -0.25) is 4.79 Å². The number of hydrogen-bond donors (Lipinski definition) is 1. The fourth-order valence-corrected chi connectivity index (χ4v) is 1.80. The summed E-state index contributed by atoms with van der Waals surface area (Å²) in [5, 5.41) is 0. The smallest absolute Gasteiger partial charge is 0.293 e. The highest BCUT2D eigenvalue weighted by Crippen LogP contribution is 2.07. The Kier molecular flexibility index (Phi) is 5.15. The molecule has 0 spiro atoms. The molecule has 0 aliphatic heterocycles. The van der Waals surface area contributed by atoms with E-state index in [1.807, 2.05) is 25.7 Å². The van der Waals surface area contributed by atoms with Gasteiger partial charge >= 0.3 is 0 Å². The molecule has 1 aromatic heterocycles. The zero-order valence-electron chi connectivity index (χ0n) is 10.9. The Morgan fingerprint density at radius 2 is 2.24 bits per heavy atom. The molecule has 0 aliphatic carbocycles. The molecule has 5 heteroatoms. The quantitative estimate of drug-likeness (QED) is 0.797. The van der Waals surface area contributed by atoms with Gasteiger partial charge < -0.3 is 15.2 Å². The monoisotopic (exact) mass is 238 g/mol. The van der Waals surface area contributed by atoms with Crippen molar-refractivity contribution < 1.29 is 0 Å². The molecule has 0 unspecified atom stereocenters. The lowest BCUT2D eigenvalue weighted by Crippen LogP contribution is -2.40. The van der Waals surface area contributed by atoms with Gasteiger partial charge in [-0.05, 0) is 20.3 Å². The first-order valence-corrected chi connectivity index (χ1v) is 6.14. The number of aromatic nitrogens is 2. The second kappa shape index (κ2) is 6.39. The van der Waals surface area contributed by atoms with Crippen LogP contribution >= 0.6 is 0 Å². The molecule has 1 rings (SSSR count). The van der Waals surface area contributed by atoms with Crippen molar-refractivity contribution in [3.05, 3.63) is 22.7 Å². The van der Waals surface area contributed by atoms with Gasteiger partial charge in [0.15, 0.2) is 5.82 Å². The lowest BCUT2D eigenvalue weighted by atomic mass is 10.3. The van der Waals surface area contributed by atoms with E-state index in [0.717, 1.165) is 13.0 Å². The molecule has 0 amide bonds. The van der Waals surface area contributed by atoms with Crippen molar-refractivity contribution in [2.75, 3.05) is 18.0 Å². The molecule has 0 atom stereocenters. The summed E-state index contributed by atoms with van der Waals surface area (Å²) < 4.78 is 1.70. The van der Waals surface area contributed by atoms with E-state index in [4.69, 9.17) is 5.73 Å². The maximum Gasteiger partial charge on any atom is 0.293 e. The van der Waals surface area contributed by atoms with Crippen molar-refractivity contribution in [1.29, 1.82) is 0 Å². The number of aryl methyl sites for hydroxylation is 1. The lowest BCUT2D eigenvalue weighted by Gasteiger charge is -2.26. The second-order valence-corrected chi connectivity index (χ2v) is 4.33. The molecule has 1 heterocycles. The third-order valence-electron chi connectivity index (χ3n) is 2.63. The molecular weight excluding hydrogens is 216 g/mol. The van der Waals surface area contributed by atoms with Crippen LogP contribution in [0.4, 0.5) is 5.82 Å². The van der Waals surface area contributed by atoms with Gasteiger partial charge in [-0.15, -0.1) is 0 Å². The first-order valence-electron chi connectivity index (χ1n) is 6.14. The Morgan fingerprint density at radius 3 is 2.76 bits per heavy atom. The van der Waals surface area contributed by atoms with E-state index in [2.05, 4.69) is 4.98 Å². The maximum absolute atomic E-state index is 12.2. The van der Waals surface area contributed by atoms with Crippen LogP contribution < -0.4 is 16.2 Å². The second-order valence-electron chi connectivity index (χ2n) is 4.33. The molecule has 0 aliphatic rings. The van der Waals surface area contributed by atoms with E-state index < -0.39 is 0 Å². The summed E-state index contributed by atoms with van der Waals surface area (Å²) in [5.74, 6) is 0.501. The SMILES string of the molecule is CCCn1ccnc(N(CCN)C(C)C)c1=O. The zero-order chi connectivity index (χ0) is 12.8. The molecule has 0 bridgehead atoms. The minimum atomic E-state index is -0.0310. The van der Waals surface area contributed by atoms with Gasteiger partial charge in [-0.25, -0.2) is 4.98 Å². The Bertz CT molecular complexity index is 400. The van der Waals surface area contributed by atoms with Crippen LogP contribution in [0.2, 0.25) is 0 Å². The average Bonchev–Trinajstić information content (AvgIpc) is 2.29. The van der Waals surface area contributed by atoms with Crippen LogP contribution in [0.5, 0.6) is 0 Å². The summed E-state index contributed by atoms with van der Waals surface area (Å²) in [6, 6.07) is 0.219. The highest BCUT2D eigenvalue weighted by molar-refractivity contribution is 5.36. The van der Waals surface area contributed by atoms with Gasteiger partial charge in [0.25, 0.3) is 5.56 Å². The Labute approximate surface area is 102 Å². The van der Waals surface area contributed by atoms with Crippen molar-refractivity contribution >= 4 is 5.82 Å². The minimum Gasteiger partial charge on any atom is -0.348 e. The molecule has 0 aromatic carbocycles. The predicted molar refractivity (Wildman–Crippen MR) is 70.3 cm³/mol. The van der Waals surface area contributed by atoms with Crippen LogP contribution in [0.15, 0.2) is 17.2 Å². The van der Waals surface area contributed by atoms with Crippen molar-refractivity contribution in [3.8, 4) is 0 Å². The molecular formula is C12H22N4O.